The molecule has 3 aliphatic rings. The van der Waals surface area contributed by atoms with Crippen LogP contribution in [0.2, 0.25) is 5.02 Å². The predicted octanol–water partition coefficient (Wildman–Crippen LogP) is 1.72. The van der Waals surface area contributed by atoms with Crippen molar-refractivity contribution in [2.45, 2.75) is 37.6 Å². The summed E-state index contributed by atoms with van der Waals surface area (Å²) in [5.41, 5.74) is -0.650. The lowest BCUT2D eigenvalue weighted by Crippen LogP contribution is -2.55. The maximum atomic E-state index is 12.9. The monoisotopic (exact) mass is 399 g/mol. The third-order valence-electron chi connectivity index (χ3n) is 5.76. The van der Waals surface area contributed by atoms with Crippen molar-refractivity contribution < 1.29 is 14.3 Å². The number of carbonyl (C=O) groups excluding carboxylic acids is 2. The summed E-state index contributed by atoms with van der Waals surface area (Å²) in [4.78, 5) is 41.3. The Hall–Kier alpha value is -1.38. The Bertz CT molecular complexity index is 766. The zero-order valence-corrected chi connectivity index (χ0v) is 16.0. The highest BCUT2D eigenvalue weighted by Gasteiger charge is 2.46. The molecular formula is C17H22ClN3O4S. The average molecular weight is 400 g/mol. The van der Waals surface area contributed by atoms with Crippen LogP contribution in [0.15, 0.2) is 4.79 Å². The Kier molecular flexibility index (Phi) is 4.83. The number of nitrogens with one attached hydrogen (secondary N) is 1. The van der Waals surface area contributed by atoms with Crippen LogP contribution in [0, 0.1) is 5.92 Å². The first-order chi connectivity index (χ1) is 12.5. The first kappa shape index (κ1) is 18.0. The van der Waals surface area contributed by atoms with Gasteiger partial charge in [-0.1, -0.05) is 23.1 Å². The molecule has 7 nitrogen and oxygen atoms in total. The number of H-pyrrole nitrogens is 1. The summed E-state index contributed by atoms with van der Waals surface area (Å²) >= 11 is 6.95. The van der Waals surface area contributed by atoms with E-state index in [0.29, 0.717) is 32.8 Å². The number of nitrogens with zero attached hydrogens (tertiary/aromatic N) is 2. The minimum absolute atomic E-state index is 0.0454. The van der Waals surface area contributed by atoms with Crippen LogP contribution in [0.25, 0.3) is 0 Å². The smallest absolute Gasteiger partial charge is 0.277 e. The van der Waals surface area contributed by atoms with Crippen molar-refractivity contribution in [1.82, 2.24) is 14.2 Å². The molecule has 1 aliphatic carbocycles. The number of rotatable bonds is 2. The second-order valence-electron chi connectivity index (χ2n) is 7.32. The van der Waals surface area contributed by atoms with E-state index in [1.54, 1.807) is 4.90 Å². The van der Waals surface area contributed by atoms with E-state index in [1.165, 1.54) is 0 Å². The summed E-state index contributed by atoms with van der Waals surface area (Å²) in [6.07, 6.45) is 4.30. The van der Waals surface area contributed by atoms with E-state index in [1.807, 2.05) is 4.90 Å². The molecule has 3 heterocycles. The van der Waals surface area contributed by atoms with Crippen LogP contribution in [0.4, 0.5) is 0 Å². The SMILES string of the molecule is O=C(c1s[nH]c(=O)c1Cl)N1CCN(C(=O)C2CC2)C2(CCOCC2)CC1. The van der Waals surface area contributed by atoms with E-state index in [-0.39, 0.29) is 33.2 Å². The first-order valence-corrected chi connectivity index (χ1v) is 10.3. The molecule has 3 fully saturated rings. The van der Waals surface area contributed by atoms with Gasteiger partial charge in [0.15, 0.2) is 0 Å². The zero-order valence-electron chi connectivity index (χ0n) is 14.5. The average Bonchev–Trinajstić information content (AvgIpc) is 3.45. The molecule has 142 valence electrons. The van der Waals surface area contributed by atoms with E-state index in [2.05, 4.69) is 4.37 Å². The molecule has 0 bridgehead atoms. The van der Waals surface area contributed by atoms with Gasteiger partial charge in [-0.05, 0) is 32.1 Å². The van der Waals surface area contributed by atoms with Gasteiger partial charge in [-0.3, -0.25) is 18.8 Å². The number of ether oxygens (including phenoxy) is 1. The summed E-state index contributed by atoms with van der Waals surface area (Å²) in [7, 11) is 0. The number of aromatic amines is 1. The molecule has 2 amide bonds. The van der Waals surface area contributed by atoms with Crippen molar-refractivity contribution in [3.8, 4) is 0 Å². The molecule has 9 heteroatoms. The fraction of sp³-hybridized carbons (Fsp3) is 0.706. The summed E-state index contributed by atoms with van der Waals surface area (Å²) < 4.78 is 8.04. The lowest BCUT2D eigenvalue weighted by atomic mass is 9.84. The molecule has 1 spiro atoms. The van der Waals surface area contributed by atoms with Crippen LogP contribution in [-0.2, 0) is 9.53 Å². The van der Waals surface area contributed by atoms with Crippen LogP contribution in [0.3, 0.4) is 0 Å². The fourth-order valence-electron chi connectivity index (χ4n) is 3.99. The Morgan fingerprint density at radius 1 is 1.15 bits per heavy atom. The van der Waals surface area contributed by atoms with E-state index >= 15 is 0 Å². The molecule has 0 unspecified atom stereocenters. The zero-order chi connectivity index (χ0) is 18.3. The number of hydrogen-bond acceptors (Lipinski definition) is 5. The van der Waals surface area contributed by atoms with Gasteiger partial charge >= 0.3 is 0 Å². The second-order valence-corrected chi connectivity index (χ2v) is 8.51. The van der Waals surface area contributed by atoms with E-state index in [9.17, 15) is 14.4 Å². The standard InChI is InChI=1S/C17H22ClN3O4S/c18-12-13(26-19-14(12)22)16(24)20-6-3-17(4-9-25-10-5-17)21(8-7-20)15(23)11-1-2-11/h11H,1-10H2,(H,19,22). The Morgan fingerprint density at radius 3 is 2.50 bits per heavy atom. The topological polar surface area (TPSA) is 82.7 Å². The molecule has 0 aromatic carbocycles. The lowest BCUT2D eigenvalue weighted by Gasteiger charge is -2.45. The van der Waals surface area contributed by atoms with E-state index in [4.69, 9.17) is 16.3 Å². The van der Waals surface area contributed by atoms with Crippen LogP contribution >= 0.6 is 23.1 Å². The van der Waals surface area contributed by atoms with Gasteiger partial charge in [0, 0.05) is 44.3 Å². The van der Waals surface area contributed by atoms with Crippen molar-refractivity contribution in [2.24, 2.45) is 5.92 Å². The lowest BCUT2D eigenvalue weighted by molar-refractivity contribution is -0.143. The van der Waals surface area contributed by atoms with Crippen molar-refractivity contribution in [3.63, 3.8) is 0 Å². The van der Waals surface area contributed by atoms with Gasteiger partial charge in [0.1, 0.15) is 9.90 Å². The summed E-state index contributed by atoms with van der Waals surface area (Å²) in [6, 6.07) is 0. The predicted molar refractivity (Wildman–Crippen MR) is 97.7 cm³/mol. The van der Waals surface area contributed by atoms with Crippen LogP contribution in [-0.4, -0.2) is 64.4 Å². The highest BCUT2D eigenvalue weighted by molar-refractivity contribution is 7.08. The van der Waals surface area contributed by atoms with E-state index < -0.39 is 5.56 Å². The van der Waals surface area contributed by atoms with Gasteiger partial charge in [-0.2, -0.15) is 0 Å². The van der Waals surface area contributed by atoms with Crippen molar-refractivity contribution in [3.05, 3.63) is 20.3 Å². The minimum Gasteiger partial charge on any atom is -0.381 e. The van der Waals surface area contributed by atoms with Crippen LogP contribution < -0.4 is 5.56 Å². The molecule has 4 rings (SSSR count). The van der Waals surface area contributed by atoms with Gasteiger partial charge < -0.3 is 14.5 Å². The van der Waals surface area contributed by atoms with Crippen molar-refractivity contribution in [2.75, 3.05) is 32.8 Å². The Labute approximate surface area is 160 Å². The van der Waals surface area contributed by atoms with Gasteiger partial charge in [-0.25, -0.2) is 0 Å². The second kappa shape index (κ2) is 6.98. The molecule has 2 aliphatic heterocycles. The molecule has 26 heavy (non-hydrogen) atoms. The molecule has 0 atom stereocenters. The summed E-state index contributed by atoms with van der Waals surface area (Å²) in [5, 5.41) is -0.0454. The maximum Gasteiger partial charge on any atom is 0.277 e. The fourth-order valence-corrected chi connectivity index (χ4v) is 4.98. The van der Waals surface area contributed by atoms with Crippen LogP contribution in [0.1, 0.15) is 41.8 Å². The highest BCUT2D eigenvalue weighted by Crippen LogP contribution is 2.39. The van der Waals surface area contributed by atoms with Gasteiger partial charge in [-0.15, -0.1) is 0 Å². The molecule has 1 aromatic heterocycles. The van der Waals surface area contributed by atoms with Crippen molar-refractivity contribution >= 4 is 34.9 Å². The quantitative estimate of drug-likeness (QED) is 0.820. The number of aromatic nitrogens is 1. The Balaban J connectivity index is 1.57. The van der Waals surface area contributed by atoms with Gasteiger partial charge in [0.25, 0.3) is 11.5 Å². The summed E-state index contributed by atoms with van der Waals surface area (Å²) in [5.74, 6) is 0.146. The highest BCUT2D eigenvalue weighted by atomic mass is 35.5. The molecule has 1 saturated carbocycles. The number of carbonyl (C=O) groups is 2. The van der Waals surface area contributed by atoms with Gasteiger partial charge in [0.2, 0.25) is 5.91 Å². The normalized spacial score (nSPS) is 23.1. The van der Waals surface area contributed by atoms with Gasteiger partial charge in [0.05, 0.1) is 0 Å². The largest absolute Gasteiger partial charge is 0.381 e. The number of halogens is 1. The number of hydrogen-bond donors (Lipinski definition) is 1. The maximum absolute atomic E-state index is 12.9. The van der Waals surface area contributed by atoms with Crippen molar-refractivity contribution in [1.29, 1.82) is 0 Å². The van der Waals surface area contributed by atoms with E-state index in [0.717, 1.165) is 43.6 Å². The first-order valence-electron chi connectivity index (χ1n) is 9.07. The number of amides is 2. The third-order valence-corrected chi connectivity index (χ3v) is 7.10. The molecule has 1 aromatic rings. The molecular weight excluding hydrogens is 378 g/mol. The Morgan fingerprint density at radius 2 is 1.88 bits per heavy atom. The molecule has 2 saturated heterocycles. The molecule has 1 N–H and O–H groups in total. The third kappa shape index (κ3) is 3.18. The van der Waals surface area contributed by atoms with Crippen LogP contribution in [0.5, 0.6) is 0 Å². The minimum atomic E-state index is -0.429. The summed E-state index contributed by atoms with van der Waals surface area (Å²) in [6.45, 7) is 2.83. The molecule has 0 radical (unpaired) electrons.